The van der Waals surface area contributed by atoms with Crippen LogP contribution in [0.1, 0.15) is 31.4 Å². The first-order valence-corrected chi connectivity index (χ1v) is 6.88. The van der Waals surface area contributed by atoms with E-state index in [4.69, 9.17) is 15.1 Å². The summed E-state index contributed by atoms with van der Waals surface area (Å²) in [6, 6.07) is 3.65. The van der Waals surface area contributed by atoms with E-state index in [0.717, 1.165) is 12.1 Å². The van der Waals surface area contributed by atoms with E-state index in [1.807, 2.05) is 0 Å². The first kappa shape index (κ1) is 18.1. The van der Waals surface area contributed by atoms with Gasteiger partial charge in [-0.2, -0.15) is 0 Å². The summed E-state index contributed by atoms with van der Waals surface area (Å²) in [5.41, 5.74) is 1.76. The Morgan fingerprint density at radius 3 is 2.82 bits per heavy atom. The predicted molar refractivity (Wildman–Crippen MR) is 76.7 cm³/mol. The molecule has 0 heterocycles. The van der Waals surface area contributed by atoms with Crippen LogP contribution < -0.4 is 5.48 Å². The summed E-state index contributed by atoms with van der Waals surface area (Å²) in [6.45, 7) is 2.13. The summed E-state index contributed by atoms with van der Waals surface area (Å²) in [5.74, 6) is -1.94. The molecule has 6 nitrogen and oxygen atoms in total. The van der Waals surface area contributed by atoms with Gasteiger partial charge in [-0.1, -0.05) is 12.1 Å². The lowest BCUT2D eigenvalue weighted by atomic mass is 10.00. The van der Waals surface area contributed by atoms with E-state index < -0.39 is 29.7 Å². The van der Waals surface area contributed by atoms with Gasteiger partial charge in [0.15, 0.2) is 11.6 Å². The highest BCUT2D eigenvalue weighted by Crippen LogP contribution is 2.26. The molecule has 122 valence electrons. The fourth-order valence-corrected chi connectivity index (χ4v) is 1.96. The highest BCUT2D eigenvalue weighted by molar-refractivity contribution is 5.86. The highest BCUT2D eigenvalue weighted by Gasteiger charge is 2.21. The number of allylic oxidation sites excluding steroid dienone is 1. The molecule has 1 rings (SSSR count). The summed E-state index contributed by atoms with van der Waals surface area (Å²) in [6.07, 6.45) is 1.87. The van der Waals surface area contributed by atoms with Crippen molar-refractivity contribution in [3.8, 4) is 5.75 Å². The number of halogens is 1. The summed E-state index contributed by atoms with van der Waals surface area (Å²) >= 11 is 0. The van der Waals surface area contributed by atoms with Crippen molar-refractivity contribution in [3.63, 3.8) is 0 Å². The molecule has 1 aromatic rings. The number of amides is 1. The normalized spacial score (nSPS) is 14.0. The molecule has 4 N–H and O–H groups in total. The Bertz CT molecular complexity index is 521. The van der Waals surface area contributed by atoms with Crippen LogP contribution >= 0.6 is 0 Å². The Balaban J connectivity index is 2.70. The molecule has 0 radical (unpaired) electrons. The van der Waals surface area contributed by atoms with Gasteiger partial charge in [0.05, 0.1) is 6.10 Å². The molecule has 0 aliphatic carbocycles. The second-order valence-corrected chi connectivity index (χ2v) is 4.61. The number of phenols is 1. The van der Waals surface area contributed by atoms with Crippen LogP contribution in [-0.2, 0) is 9.53 Å². The number of ether oxygens (including phenoxy) is 1. The average molecular weight is 313 g/mol. The van der Waals surface area contributed by atoms with Gasteiger partial charge in [0.25, 0.3) is 5.91 Å². The van der Waals surface area contributed by atoms with Crippen LogP contribution in [0.15, 0.2) is 30.4 Å². The van der Waals surface area contributed by atoms with Crippen molar-refractivity contribution >= 4 is 5.91 Å². The van der Waals surface area contributed by atoms with E-state index in [0.29, 0.717) is 25.0 Å². The average Bonchev–Trinajstić information content (AvgIpc) is 2.52. The molecule has 0 fully saturated rings. The Labute approximate surface area is 127 Å². The van der Waals surface area contributed by atoms with Gasteiger partial charge in [-0.05, 0) is 37.5 Å². The molecule has 0 saturated carbocycles. The molecule has 7 heteroatoms. The zero-order valence-corrected chi connectivity index (χ0v) is 12.2. The molecule has 0 bridgehead atoms. The fourth-order valence-electron chi connectivity index (χ4n) is 1.96. The molecule has 0 spiro atoms. The van der Waals surface area contributed by atoms with Gasteiger partial charge in [0.2, 0.25) is 0 Å². The first-order valence-electron chi connectivity index (χ1n) is 6.88. The van der Waals surface area contributed by atoms with E-state index in [9.17, 15) is 14.3 Å². The van der Waals surface area contributed by atoms with Gasteiger partial charge in [-0.25, -0.2) is 9.87 Å². The summed E-state index contributed by atoms with van der Waals surface area (Å²) < 4.78 is 18.8. The van der Waals surface area contributed by atoms with Crippen LogP contribution in [0.25, 0.3) is 0 Å². The third kappa shape index (κ3) is 5.44. The molecule has 22 heavy (non-hydrogen) atoms. The molecular weight excluding hydrogens is 293 g/mol. The maximum atomic E-state index is 13.3. The van der Waals surface area contributed by atoms with Gasteiger partial charge in [0, 0.05) is 12.7 Å². The van der Waals surface area contributed by atoms with Gasteiger partial charge >= 0.3 is 0 Å². The van der Waals surface area contributed by atoms with E-state index in [-0.39, 0.29) is 0 Å². The van der Waals surface area contributed by atoms with Crippen molar-refractivity contribution in [2.24, 2.45) is 0 Å². The van der Waals surface area contributed by atoms with E-state index in [2.05, 4.69) is 0 Å². The van der Waals surface area contributed by atoms with E-state index >= 15 is 0 Å². The van der Waals surface area contributed by atoms with Gasteiger partial charge < -0.3 is 14.9 Å². The van der Waals surface area contributed by atoms with Gasteiger partial charge in [-0.3, -0.25) is 10.0 Å². The van der Waals surface area contributed by atoms with Crippen LogP contribution in [0, 0.1) is 5.82 Å². The number of aliphatic hydroxyl groups excluding tert-OH is 1. The first-order chi connectivity index (χ1) is 10.5. The smallest absolute Gasteiger partial charge is 0.267 e. The van der Waals surface area contributed by atoms with Crippen LogP contribution in [0.2, 0.25) is 0 Å². The van der Waals surface area contributed by atoms with Crippen LogP contribution in [0.3, 0.4) is 0 Å². The minimum Gasteiger partial charge on any atom is -0.505 e. The molecule has 1 aromatic carbocycles. The Morgan fingerprint density at radius 2 is 2.23 bits per heavy atom. The Morgan fingerprint density at radius 1 is 1.50 bits per heavy atom. The molecule has 0 aliphatic rings. The third-order valence-corrected chi connectivity index (χ3v) is 3.04. The number of aromatic hydroxyl groups is 1. The molecule has 1 amide bonds. The van der Waals surface area contributed by atoms with E-state index in [1.54, 1.807) is 6.92 Å². The largest absolute Gasteiger partial charge is 0.505 e. The van der Waals surface area contributed by atoms with Crippen molar-refractivity contribution in [3.05, 3.63) is 41.7 Å². The number of aliphatic hydroxyl groups is 1. The lowest BCUT2D eigenvalue weighted by Crippen LogP contribution is -2.22. The zero-order valence-electron chi connectivity index (χ0n) is 12.2. The van der Waals surface area contributed by atoms with Crippen molar-refractivity contribution in [1.82, 2.24) is 5.48 Å². The minimum absolute atomic E-state index is 0.297. The van der Waals surface area contributed by atoms with Crippen molar-refractivity contribution in [2.45, 2.75) is 32.0 Å². The molecule has 0 unspecified atom stereocenters. The molecule has 0 aromatic heterocycles. The number of hydrogen-bond acceptors (Lipinski definition) is 5. The number of benzene rings is 1. The quantitative estimate of drug-likeness (QED) is 0.333. The van der Waals surface area contributed by atoms with Gasteiger partial charge in [-0.15, -0.1) is 0 Å². The lowest BCUT2D eigenvalue weighted by molar-refractivity contribution is -0.124. The van der Waals surface area contributed by atoms with E-state index in [1.165, 1.54) is 23.7 Å². The van der Waals surface area contributed by atoms with Crippen LogP contribution in [0.5, 0.6) is 5.75 Å². The van der Waals surface area contributed by atoms with Crippen molar-refractivity contribution in [2.75, 3.05) is 6.61 Å². The number of hydrogen-bond donors (Lipinski definition) is 4. The number of rotatable bonds is 8. The van der Waals surface area contributed by atoms with Crippen molar-refractivity contribution in [1.29, 1.82) is 0 Å². The standard InChI is InChI=1S/C15H20FNO5/c1-2-22-13(5-3-4-6-14(19)17-21)15(20)10-7-8-12(18)11(16)9-10/h4,6-9,13,15,18,20-21H,2-3,5H2,1H3,(H,17,19)/b6-4+/t13-,15-/m1/s1. The Kier molecular flexibility index (Phi) is 7.51. The summed E-state index contributed by atoms with van der Waals surface area (Å²) in [4.78, 5) is 10.8. The topological polar surface area (TPSA) is 99.0 Å². The molecule has 2 atom stereocenters. The SMILES string of the molecule is CCO[C@H](CC/C=C/C(=O)NO)[C@H](O)c1ccc(O)c(F)c1. The monoisotopic (exact) mass is 313 g/mol. The second-order valence-electron chi connectivity index (χ2n) is 4.61. The highest BCUT2D eigenvalue weighted by atomic mass is 19.1. The molecular formula is C15H20FNO5. The van der Waals surface area contributed by atoms with Crippen LogP contribution in [-0.4, -0.2) is 34.0 Å². The minimum atomic E-state index is -1.06. The zero-order chi connectivity index (χ0) is 16.5. The number of carbonyl (C=O) groups excluding carboxylic acids is 1. The fraction of sp³-hybridized carbons (Fsp3) is 0.400. The number of carbonyl (C=O) groups is 1. The number of nitrogens with one attached hydrogen (secondary N) is 1. The number of hydroxylamine groups is 1. The maximum Gasteiger partial charge on any atom is 0.267 e. The Hall–Kier alpha value is -1.96. The summed E-state index contributed by atoms with van der Waals surface area (Å²) in [5, 5.41) is 27.8. The molecule has 0 aliphatic heterocycles. The molecule has 0 saturated heterocycles. The van der Waals surface area contributed by atoms with Crippen LogP contribution in [0.4, 0.5) is 4.39 Å². The van der Waals surface area contributed by atoms with Gasteiger partial charge in [0.1, 0.15) is 6.10 Å². The lowest BCUT2D eigenvalue weighted by Gasteiger charge is -2.23. The predicted octanol–water partition coefficient (Wildman–Crippen LogP) is 1.81. The maximum absolute atomic E-state index is 13.3. The number of phenolic OH excluding ortho intramolecular Hbond substituents is 1. The second kappa shape index (κ2) is 9.14. The third-order valence-electron chi connectivity index (χ3n) is 3.04. The van der Waals surface area contributed by atoms with Crippen molar-refractivity contribution < 1.29 is 29.3 Å². The summed E-state index contributed by atoms with van der Waals surface area (Å²) in [7, 11) is 0.